The zero-order valence-corrected chi connectivity index (χ0v) is 10.2. The highest BCUT2D eigenvalue weighted by molar-refractivity contribution is 5.97. The molecule has 0 aliphatic carbocycles. The van der Waals surface area contributed by atoms with Gasteiger partial charge < -0.3 is 5.32 Å². The molecule has 1 amide bonds. The van der Waals surface area contributed by atoms with Gasteiger partial charge in [0.2, 0.25) is 5.91 Å². The van der Waals surface area contributed by atoms with Gasteiger partial charge >= 0.3 is 0 Å². The molecular formula is C14H17NO2. The number of ketones is 1. The maximum atomic E-state index is 11.4. The van der Waals surface area contributed by atoms with Gasteiger partial charge in [-0.2, -0.15) is 0 Å². The van der Waals surface area contributed by atoms with Gasteiger partial charge in [0.25, 0.3) is 0 Å². The Morgan fingerprint density at radius 2 is 1.94 bits per heavy atom. The lowest BCUT2D eigenvalue weighted by atomic mass is 10.0. The van der Waals surface area contributed by atoms with Crippen LogP contribution in [-0.2, 0) is 4.79 Å². The van der Waals surface area contributed by atoms with Crippen LogP contribution in [-0.4, -0.2) is 18.2 Å². The van der Waals surface area contributed by atoms with Crippen molar-refractivity contribution >= 4 is 17.8 Å². The van der Waals surface area contributed by atoms with E-state index in [0.29, 0.717) is 6.54 Å². The number of benzene rings is 1. The highest BCUT2D eigenvalue weighted by Gasteiger charge is 2.02. The van der Waals surface area contributed by atoms with Crippen molar-refractivity contribution in [1.82, 2.24) is 5.32 Å². The van der Waals surface area contributed by atoms with Crippen LogP contribution in [0.3, 0.4) is 0 Å². The van der Waals surface area contributed by atoms with Crippen molar-refractivity contribution in [3.05, 3.63) is 41.5 Å². The largest absolute Gasteiger partial charge is 0.356 e. The molecule has 17 heavy (non-hydrogen) atoms. The van der Waals surface area contributed by atoms with Gasteiger partial charge in [0, 0.05) is 19.0 Å². The van der Waals surface area contributed by atoms with E-state index in [-0.39, 0.29) is 11.7 Å². The normalized spacial score (nSPS) is 10.5. The van der Waals surface area contributed by atoms with Gasteiger partial charge in [0.15, 0.2) is 5.78 Å². The first kappa shape index (κ1) is 13.2. The molecular weight excluding hydrogens is 214 g/mol. The van der Waals surface area contributed by atoms with Gasteiger partial charge in [-0.15, -0.1) is 0 Å². The molecule has 0 saturated heterocycles. The first-order valence-corrected chi connectivity index (χ1v) is 5.62. The molecule has 90 valence electrons. The zero-order valence-electron chi connectivity index (χ0n) is 10.2. The monoisotopic (exact) mass is 231 g/mol. The van der Waals surface area contributed by atoms with E-state index in [1.807, 2.05) is 36.4 Å². The standard InChI is InChI=1S/C14H17NO2/c1-11(16)14-9-4-3-7-13(14)8-5-6-10-15-12(2)17/h3-5,7-9H,6,10H2,1-2H3,(H,15,17). The zero-order chi connectivity index (χ0) is 12.7. The Hall–Kier alpha value is -1.90. The third kappa shape index (κ3) is 4.64. The van der Waals surface area contributed by atoms with Crippen LogP contribution in [0.2, 0.25) is 0 Å². The van der Waals surface area contributed by atoms with Crippen molar-refractivity contribution < 1.29 is 9.59 Å². The van der Waals surface area contributed by atoms with E-state index < -0.39 is 0 Å². The predicted octanol–water partition coefficient (Wildman–Crippen LogP) is 2.43. The fourth-order valence-corrected chi connectivity index (χ4v) is 1.50. The SMILES string of the molecule is CC(=O)NCCC=Cc1ccccc1C(C)=O. The number of Topliss-reactive ketones (excluding diaryl/α,β-unsaturated/α-hetero) is 1. The van der Waals surface area contributed by atoms with Crippen molar-refractivity contribution in [2.45, 2.75) is 20.3 Å². The molecule has 0 bridgehead atoms. The van der Waals surface area contributed by atoms with E-state index >= 15 is 0 Å². The molecule has 0 aliphatic heterocycles. The number of carbonyl (C=O) groups is 2. The Kier molecular flexibility index (Phi) is 5.14. The van der Waals surface area contributed by atoms with Crippen LogP contribution in [0.15, 0.2) is 30.3 Å². The van der Waals surface area contributed by atoms with Crippen molar-refractivity contribution in [2.75, 3.05) is 6.54 Å². The fourth-order valence-electron chi connectivity index (χ4n) is 1.50. The van der Waals surface area contributed by atoms with Crippen LogP contribution in [0, 0.1) is 0 Å². The minimum atomic E-state index is -0.0254. The molecule has 3 heteroatoms. The van der Waals surface area contributed by atoms with Gasteiger partial charge in [-0.05, 0) is 18.9 Å². The molecule has 1 rings (SSSR count). The molecule has 0 saturated carbocycles. The number of amides is 1. The maximum Gasteiger partial charge on any atom is 0.216 e. The second kappa shape index (κ2) is 6.63. The lowest BCUT2D eigenvalue weighted by Crippen LogP contribution is -2.20. The molecule has 1 N–H and O–H groups in total. The first-order valence-electron chi connectivity index (χ1n) is 5.62. The van der Waals surface area contributed by atoms with Crippen LogP contribution >= 0.6 is 0 Å². The molecule has 0 atom stereocenters. The predicted molar refractivity (Wildman–Crippen MR) is 68.8 cm³/mol. The number of hydrogen-bond acceptors (Lipinski definition) is 2. The van der Waals surface area contributed by atoms with Crippen LogP contribution in [0.1, 0.15) is 36.2 Å². The number of rotatable bonds is 5. The van der Waals surface area contributed by atoms with Crippen molar-refractivity contribution in [2.24, 2.45) is 0 Å². The van der Waals surface area contributed by atoms with E-state index in [9.17, 15) is 9.59 Å². The highest BCUT2D eigenvalue weighted by atomic mass is 16.1. The van der Waals surface area contributed by atoms with Crippen molar-refractivity contribution in [1.29, 1.82) is 0 Å². The van der Waals surface area contributed by atoms with Crippen LogP contribution in [0.25, 0.3) is 6.08 Å². The summed E-state index contributed by atoms with van der Waals surface area (Å²) in [6.07, 6.45) is 4.63. The smallest absolute Gasteiger partial charge is 0.216 e. The fraction of sp³-hybridized carbons (Fsp3) is 0.286. The molecule has 1 aromatic rings. The van der Waals surface area contributed by atoms with E-state index in [1.54, 1.807) is 6.92 Å². The molecule has 0 aliphatic rings. The van der Waals surface area contributed by atoms with Crippen LogP contribution in [0.4, 0.5) is 0 Å². The van der Waals surface area contributed by atoms with Crippen LogP contribution < -0.4 is 5.32 Å². The summed E-state index contributed by atoms with van der Waals surface area (Å²) in [5, 5.41) is 2.71. The van der Waals surface area contributed by atoms with E-state index in [0.717, 1.165) is 17.5 Å². The van der Waals surface area contributed by atoms with E-state index in [4.69, 9.17) is 0 Å². The lowest BCUT2D eigenvalue weighted by molar-refractivity contribution is -0.118. The summed E-state index contributed by atoms with van der Waals surface area (Å²) < 4.78 is 0. The molecule has 3 nitrogen and oxygen atoms in total. The summed E-state index contributed by atoms with van der Waals surface area (Å²) in [6, 6.07) is 7.48. The second-order valence-electron chi connectivity index (χ2n) is 3.82. The summed E-state index contributed by atoms with van der Waals surface area (Å²) in [6.45, 7) is 3.67. The minimum absolute atomic E-state index is 0.0254. The Bertz CT molecular complexity index is 436. The first-order chi connectivity index (χ1) is 8.11. The number of hydrogen-bond donors (Lipinski definition) is 1. The Balaban J connectivity index is 2.59. The van der Waals surface area contributed by atoms with Crippen molar-refractivity contribution in [3.63, 3.8) is 0 Å². The molecule has 1 aromatic carbocycles. The Morgan fingerprint density at radius 3 is 2.59 bits per heavy atom. The molecule has 0 aromatic heterocycles. The van der Waals surface area contributed by atoms with Gasteiger partial charge in [0.1, 0.15) is 0 Å². The van der Waals surface area contributed by atoms with Crippen molar-refractivity contribution in [3.8, 4) is 0 Å². The van der Waals surface area contributed by atoms with E-state index in [1.165, 1.54) is 6.92 Å². The third-order valence-electron chi connectivity index (χ3n) is 2.32. The molecule has 0 spiro atoms. The highest BCUT2D eigenvalue weighted by Crippen LogP contribution is 2.11. The summed E-state index contributed by atoms with van der Waals surface area (Å²) in [5.74, 6) is 0.0367. The summed E-state index contributed by atoms with van der Waals surface area (Å²) in [7, 11) is 0. The minimum Gasteiger partial charge on any atom is -0.356 e. The molecule has 0 fully saturated rings. The Labute approximate surface area is 102 Å². The lowest BCUT2D eigenvalue weighted by Gasteiger charge is -2.01. The molecule has 0 radical (unpaired) electrons. The quantitative estimate of drug-likeness (QED) is 0.625. The number of carbonyl (C=O) groups excluding carboxylic acids is 2. The molecule has 0 heterocycles. The average molecular weight is 231 g/mol. The van der Waals surface area contributed by atoms with Gasteiger partial charge in [-0.1, -0.05) is 36.4 Å². The topological polar surface area (TPSA) is 46.2 Å². The summed E-state index contributed by atoms with van der Waals surface area (Å²) >= 11 is 0. The Morgan fingerprint density at radius 1 is 1.24 bits per heavy atom. The molecule has 0 unspecified atom stereocenters. The average Bonchev–Trinajstić information content (AvgIpc) is 2.28. The summed E-state index contributed by atoms with van der Waals surface area (Å²) in [4.78, 5) is 22.0. The van der Waals surface area contributed by atoms with Gasteiger partial charge in [-0.3, -0.25) is 9.59 Å². The van der Waals surface area contributed by atoms with Gasteiger partial charge in [0.05, 0.1) is 0 Å². The third-order valence-corrected chi connectivity index (χ3v) is 2.32. The van der Waals surface area contributed by atoms with E-state index in [2.05, 4.69) is 5.32 Å². The van der Waals surface area contributed by atoms with Crippen LogP contribution in [0.5, 0.6) is 0 Å². The van der Waals surface area contributed by atoms with Gasteiger partial charge in [-0.25, -0.2) is 0 Å². The number of nitrogens with one attached hydrogen (secondary N) is 1. The second-order valence-corrected chi connectivity index (χ2v) is 3.82. The summed E-state index contributed by atoms with van der Waals surface area (Å²) in [5.41, 5.74) is 1.64. The maximum absolute atomic E-state index is 11.4.